The zero-order chi connectivity index (χ0) is 22.5. The molecular weight excluding hydrogens is 416 g/mol. The number of nitrogens with zero attached hydrogens (tertiary/aromatic N) is 4. The molecule has 1 aliphatic heterocycles. The van der Waals surface area contributed by atoms with Crippen LogP contribution in [0.3, 0.4) is 0 Å². The number of benzene rings is 2. The summed E-state index contributed by atoms with van der Waals surface area (Å²) in [6.07, 6.45) is 7.76. The average molecular weight is 441 g/mol. The fraction of sp³-hybridized carbons (Fsp3) is 0.231. The van der Waals surface area contributed by atoms with Crippen LogP contribution >= 0.6 is 0 Å². The van der Waals surface area contributed by atoms with Crippen molar-refractivity contribution in [1.82, 2.24) is 19.9 Å². The normalized spacial score (nSPS) is 16.4. The monoisotopic (exact) mass is 440 g/mol. The Labute approximate surface area is 192 Å². The summed E-state index contributed by atoms with van der Waals surface area (Å²) in [6.45, 7) is 2.32. The average Bonchev–Trinajstić information content (AvgIpc) is 3.10. The molecule has 3 heterocycles. The minimum absolute atomic E-state index is 0.0375. The Balaban J connectivity index is 1.32. The smallest absolute Gasteiger partial charge is 0.321 e. The number of amides is 1. The van der Waals surface area contributed by atoms with Gasteiger partial charge in [0.25, 0.3) is 5.91 Å². The minimum Gasteiger partial charge on any atom is -0.424 e. The number of aromatic nitrogens is 3. The van der Waals surface area contributed by atoms with Crippen molar-refractivity contribution in [2.45, 2.75) is 6.42 Å². The van der Waals surface area contributed by atoms with Gasteiger partial charge in [0.2, 0.25) is 0 Å². The molecule has 0 radical (unpaired) electrons. The summed E-state index contributed by atoms with van der Waals surface area (Å²) in [5.41, 5.74) is 1.79. The predicted octanol–water partition coefficient (Wildman–Crippen LogP) is 4.15. The Kier molecular flexibility index (Phi) is 6.21. The summed E-state index contributed by atoms with van der Waals surface area (Å²) in [7, 11) is 0. The van der Waals surface area contributed by atoms with Gasteiger partial charge in [0.1, 0.15) is 5.75 Å². The second kappa shape index (κ2) is 9.75. The lowest BCUT2D eigenvalue weighted by Gasteiger charge is -2.24. The minimum atomic E-state index is -0.0375. The van der Waals surface area contributed by atoms with Gasteiger partial charge in [-0.15, -0.1) is 0 Å². The number of pyridine rings is 1. The van der Waals surface area contributed by atoms with Crippen molar-refractivity contribution in [1.29, 1.82) is 0 Å². The maximum absolute atomic E-state index is 13.3. The molecule has 1 aliphatic rings. The van der Waals surface area contributed by atoms with Gasteiger partial charge >= 0.3 is 6.01 Å². The van der Waals surface area contributed by atoms with Crippen LogP contribution in [0.5, 0.6) is 11.8 Å². The van der Waals surface area contributed by atoms with Crippen molar-refractivity contribution in [3.8, 4) is 11.8 Å². The van der Waals surface area contributed by atoms with E-state index in [0.29, 0.717) is 37.6 Å². The standard InChI is InChI=1S/C26H24N4O3/c31-25(22-6-2-7-23(15-22)33-26-28-9-3-10-29-26)30-12-13-32-18-19(17-30)14-21-5-1-4-20-8-11-27-16-24(20)21/h1-11,15-16,19H,12-14,17-18H2/t19-/m0/s1. The van der Waals surface area contributed by atoms with Gasteiger partial charge in [-0.05, 0) is 47.7 Å². The lowest BCUT2D eigenvalue weighted by Crippen LogP contribution is -2.36. The largest absolute Gasteiger partial charge is 0.424 e. The van der Waals surface area contributed by atoms with Crippen molar-refractivity contribution >= 4 is 16.7 Å². The predicted molar refractivity (Wildman–Crippen MR) is 124 cm³/mol. The third-order valence-electron chi connectivity index (χ3n) is 5.74. The molecule has 0 N–H and O–H groups in total. The van der Waals surface area contributed by atoms with E-state index in [1.165, 1.54) is 10.9 Å². The van der Waals surface area contributed by atoms with E-state index in [-0.39, 0.29) is 17.8 Å². The number of hydrogen-bond donors (Lipinski definition) is 0. The Bertz CT molecular complexity index is 1240. The molecule has 2 aromatic heterocycles. The van der Waals surface area contributed by atoms with E-state index >= 15 is 0 Å². The highest BCUT2D eigenvalue weighted by molar-refractivity contribution is 5.94. The summed E-state index contributed by atoms with van der Waals surface area (Å²) in [6, 6.07) is 17.4. The van der Waals surface area contributed by atoms with Crippen LogP contribution < -0.4 is 4.74 Å². The SMILES string of the molecule is O=C(c1cccc(Oc2ncccn2)c1)N1CCOC[C@@H](Cc2cccc3ccncc23)C1. The van der Waals surface area contributed by atoms with E-state index in [4.69, 9.17) is 9.47 Å². The molecule has 0 bridgehead atoms. The Hall–Kier alpha value is -3.84. The van der Waals surface area contributed by atoms with E-state index in [2.05, 4.69) is 33.2 Å². The fourth-order valence-electron chi connectivity index (χ4n) is 4.17. The van der Waals surface area contributed by atoms with Gasteiger partial charge in [0, 0.05) is 54.7 Å². The van der Waals surface area contributed by atoms with Gasteiger partial charge in [-0.25, -0.2) is 9.97 Å². The summed E-state index contributed by atoms with van der Waals surface area (Å²) >= 11 is 0. The first-order chi connectivity index (χ1) is 16.3. The summed E-state index contributed by atoms with van der Waals surface area (Å²) < 4.78 is 11.6. The zero-order valence-electron chi connectivity index (χ0n) is 18.1. The maximum atomic E-state index is 13.3. The van der Waals surface area contributed by atoms with Crippen molar-refractivity contribution in [2.75, 3.05) is 26.3 Å². The molecule has 1 atom stereocenters. The van der Waals surface area contributed by atoms with Gasteiger partial charge < -0.3 is 14.4 Å². The molecule has 7 nitrogen and oxygen atoms in total. The van der Waals surface area contributed by atoms with Crippen molar-refractivity contribution < 1.29 is 14.3 Å². The Morgan fingerprint density at radius 1 is 1.06 bits per heavy atom. The summed E-state index contributed by atoms with van der Waals surface area (Å²) in [4.78, 5) is 27.6. The van der Waals surface area contributed by atoms with Crippen molar-refractivity contribution in [2.24, 2.45) is 5.92 Å². The third kappa shape index (κ3) is 4.99. The molecule has 1 saturated heterocycles. The molecule has 1 fully saturated rings. The molecule has 166 valence electrons. The first-order valence-electron chi connectivity index (χ1n) is 11.0. The maximum Gasteiger partial charge on any atom is 0.321 e. The first-order valence-corrected chi connectivity index (χ1v) is 11.0. The molecule has 0 aliphatic carbocycles. The van der Waals surface area contributed by atoms with Crippen LogP contribution in [0.1, 0.15) is 15.9 Å². The summed E-state index contributed by atoms with van der Waals surface area (Å²) in [5, 5.41) is 2.32. The highest BCUT2D eigenvalue weighted by atomic mass is 16.5. The van der Waals surface area contributed by atoms with Crippen LogP contribution in [0.15, 0.2) is 79.4 Å². The number of hydrogen-bond acceptors (Lipinski definition) is 6. The van der Waals surface area contributed by atoms with Crippen LogP contribution in [-0.4, -0.2) is 52.1 Å². The lowest BCUT2D eigenvalue weighted by molar-refractivity contribution is 0.0737. The van der Waals surface area contributed by atoms with Crippen LogP contribution in [0, 0.1) is 5.92 Å². The second-order valence-corrected chi connectivity index (χ2v) is 8.07. The fourth-order valence-corrected chi connectivity index (χ4v) is 4.17. The van der Waals surface area contributed by atoms with Crippen LogP contribution in [-0.2, 0) is 11.2 Å². The summed E-state index contributed by atoms with van der Waals surface area (Å²) in [5.74, 6) is 0.682. The van der Waals surface area contributed by atoms with E-state index in [1.54, 1.807) is 42.7 Å². The molecule has 2 aromatic carbocycles. The number of fused-ring (bicyclic) bond motifs is 1. The lowest BCUT2D eigenvalue weighted by atomic mass is 9.95. The van der Waals surface area contributed by atoms with E-state index in [1.807, 2.05) is 23.4 Å². The molecular formula is C26H24N4O3. The second-order valence-electron chi connectivity index (χ2n) is 8.07. The van der Waals surface area contributed by atoms with Crippen LogP contribution in [0.25, 0.3) is 10.8 Å². The van der Waals surface area contributed by atoms with Gasteiger partial charge in [0.05, 0.1) is 13.2 Å². The van der Waals surface area contributed by atoms with Crippen molar-refractivity contribution in [3.63, 3.8) is 0 Å². The molecule has 33 heavy (non-hydrogen) atoms. The first kappa shape index (κ1) is 21.0. The number of rotatable bonds is 5. The highest BCUT2D eigenvalue weighted by Crippen LogP contribution is 2.24. The van der Waals surface area contributed by atoms with Gasteiger partial charge in [0.15, 0.2) is 0 Å². The molecule has 5 rings (SSSR count). The molecule has 7 heteroatoms. The van der Waals surface area contributed by atoms with E-state index < -0.39 is 0 Å². The van der Waals surface area contributed by atoms with Gasteiger partial charge in [-0.3, -0.25) is 9.78 Å². The Morgan fingerprint density at radius 2 is 1.94 bits per heavy atom. The molecule has 0 spiro atoms. The molecule has 4 aromatic rings. The molecule has 1 amide bonds. The highest BCUT2D eigenvalue weighted by Gasteiger charge is 2.24. The van der Waals surface area contributed by atoms with Crippen molar-refractivity contribution in [3.05, 3.63) is 90.5 Å². The number of carbonyl (C=O) groups is 1. The van der Waals surface area contributed by atoms with E-state index in [9.17, 15) is 4.79 Å². The zero-order valence-corrected chi connectivity index (χ0v) is 18.1. The van der Waals surface area contributed by atoms with Gasteiger partial charge in [-0.2, -0.15) is 0 Å². The quantitative estimate of drug-likeness (QED) is 0.464. The number of ether oxygens (including phenoxy) is 2. The number of carbonyl (C=O) groups excluding carboxylic acids is 1. The van der Waals surface area contributed by atoms with Crippen LogP contribution in [0.2, 0.25) is 0 Å². The topological polar surface area (TPSA) is 77.4 Å². The Morgan fingerprint density at radius 3 is 2.85 bits per heavy atom. The third-order valence-corrected chi connectivity index (χ3v) is 5.74. The van der Waals surface area contributed by atoms with Gasteiger partial charge in [-0.1, -0.05) is 24.3 Å². The molecule has 0 unspecified atom stereocenters. The van der Waals surface area contributed by atoms with E-state index in [0.717, 1.165) is 11.8 Å². The van der Waals surface area contributed by atoms with Crippen LogP contribution in [0.4, 0.5) is 0 Å². The molecule has 0 saturated carbocycles.